The van der Waals surface area contributed by atoms with Gasteiger partial charge in [-0.05, 0) is 57.8 Å². The maximum atomic E-state index is 10.3. The molecule has 0 aliphatic carbocycles. The number of benzene rings is 2. The second-order valence-corrected chi connectivity index (χ2v) is 5.30. The van der Waals surface area contributed by atoms with E-state index in [-0.39, 0.29) is 0 Å². The minimum Gasteiger partial charge on any atom is -0.384 e. The number of hydrogen-bond acceptors (Lipinski definition) is 1. The highest BCUT2D eigenvalue weighted by Crippen LogP contribution is 2.23. The lowest BCUT2D eigenvalue weighted by atomic mass is 10.00. The average molecular weight is 338 g/mol. The van der Waals surface area contributed by atoms with E-state index >= 15 is 0 Å². The largest absolute Gasteiger partial charge is 0.384 e. The van der Waals surface area contributed by atoms with Crippen molar-refractivity contribution in [1.82, 2.24) is 0 Å². The zero-order valence-corrected chi connectivity index (χ0v) is 11.9. The SMILES string of the molecule is CCc1ccc(C(O)c2cccc(I)c2)cc1. The number of aliphatic hydroxyl groups excluding tert-OH is 1. The van der Waals surface area contributed by atoms with Gasteiger partial charge < -0.3 is 5.11 Å². The summed E-state index contributed by atoms with van der Waals surface area (Å²) in [6, 6.07) is 16.1. The Balaban J connectivity index is 2.27. The predicted octanol–water partition coefficient (Wildman–Crippen LogP) is 3.94. The number of halogens is 1. The third kappa shape index (κ3) is 3.07. The topological polar surface area (TPSA) is 20.2 Å². The van der Waals surface area contributed by atoms with Gasteiger partial charge in [-0.25, -0.2) is 0 Å². The molecular formula is C15H15IO. The van der Waals surface area contributed by atoms with Crippen LogP contribution in [0.1, 0.15) is 29.7 Å². The van der Waals surface area contributed by atoms with Gasteiger partial charge in [0.2, 0.25) is 0 Å². The van der Waals surface area contributed by atoms with Gasteiger partial charge in [0, 0.05) is 3.57 Å². The first-order valence-electron chi connectivity index (χ1n) is 5.73. The van der Waals surface area contributed by atoms with Crippen molar-refractivity contribution >= 4 is 22.6 Å². The smallest absolute Gasteiger partial charge is 0.104 e. The third-order valence-corrected chi connectivity index (χ3v) is 3.54. The van der Waals surface area contributed by atoms with Crippen LogP contribution in [0.15, 0.2) is 48.5 Å². The Bertz CT molecular complexity index is 491. The van der Waals surface area contributed by atoms with Gasteiger partial charge in [-0.2, -0.15) is 0 Å². The molecule has 0 amide bonds. The van der Waals surface area contributed by atoms with Crippen LogP contribution in [0, 0.1) is 3.57 Å². The molecule has 17 heavy (non-hydrogen) atoms. The van der Waals surface area contributed by atoms with Crippen molar-refractivity contribution in [3.8, 4) is 0 Å². The van der Waals surface area contributed by atoms with Crippen LogP contribution in [0.2, 0.25) is 0 Å². The molecule has 0 bridgehead atoms. The van der Waals surface area contributed by atoms with Crippen molar-refractivity contribution in [2.45, 2.75) is 19.4 Å². The summed E-state index contributed by atoms with van der Waals surface area (Å²) in [6.07, 6.45) is 0.496. The van der Waals surface area contributed by atoms with Gasteiger partial charge in [0.15, 0.2) is 0 Å². The van der Waals surface area contributed by atoms with E-state index in [0.29, 0.717) is 0 Å². The van der Waals surface area contributed by atoms with Crippen molar-refractivity contribution < 1.29 is 5.11 Å². The molecule has 2 aromatic carbocycles. The fraction of sp³-hybridized carbons (Fsp3) is 0.200. The Labute approximate surface area is 116 Å². The summed E-state index contributed by atoms with van der Waals surface area (Å²) in [6.45, 7) is 2.13. The van der Waals surface area contributed by atoms with Gasteiger partial charge in [0.1, 0.15) is 6.10 Å². The lowest BCUT2D eigenvalue weighted by Gasteiger charge is -2.12. The van der Waals surface area contributed by atoms with E-state index in [9.17, 15) is 5.11 Å². The summed E-state index contributed by atoms with van der Waals surface area (Å²) in [5, 5.41) is 10.3. The fourth-order valence-corrected chi connectivity index (χ4v) is 2.37. The molecule has 0 aliphatic rings. The van der Waals surface area contributed by atoms with Crippen molar-refractivity contribution in [2.75, 3.05) is 0 Å². The van der Waals surface area contributed by atoms with E-state index in [1.807, 2.05) is 36.4 Å². The van der Waals surface area contributed by atoms with Crippen LogP contribution in [0.3, 0.4) is 0 Å². The minimum atomic E-state index is -0.532. The lowest BCUT2D eigenvalue weighted by molar-refractivity contribution is 0.220. The molecule has 0 spiro atoms. The van der Waals surface area contributed by atoms with Gasteiger partial charge in [-0.1, -0.05) is 43.3 Å². The molecule has 1 N–H and O–H groups in total. The molecule has 0 aliphatic heterocycles. The average Bonchev–Trinajstić information content (AvgIpc) is 2.38. The van der Waals surface area contributed by atoms with Gasteiger partial charge in [-0.3, -0.25) is 0 Å². The normalized spacial score (nSPS) is 12.4. The Morgan fingerprint density at radius 1 is 1.06 bits per heavy atom. The Morgan fingerprint density at radius 2 is 1.76 bits per heavy atom. The first-order chi connectivity index (χ1) is 8.20. The summed E-state index contributed by atoms with van der Waals surface area (Å²) in [5.41, 5.74) is 3.19. The molecule has 0 saturated heterocycles. The maximum Gasteiger partial charge on any atom is 0.104 e. The molecule has 2 heteroatoms. The van der Waals surface area contributed by atoms with Gasteiger partial charge in [-0.15, -0.1) is 0 Å². The summed E-state index contributed by atoms with van der Waals surface area (Å²) in [5.74, 6) is 0. The molecule has 2 aromatic rings. The molecular weight excluding hydrogens is 323 g/mol. The molecule has 1 atom stereocenters. The van der Waals surface area contributed by atoms with Crippen molar-refractivity contribution in [3.63, 3.8) is 0 Å². The van der Waals surface area contributed by atoms with Crippen LogP contribution < -0.4 is 0 Å². The second-order valence-electron chi connectivity index (χ2n) is 4.05. The molecule has 0 aromatic heterocycles. The fourth-order valence-electron chi connectivity index (χ4n) is 1.80. The monoisotopic (exact) mass is 338 g/mol. The number of rotatable bonds is 3. The highest BCUT2D eigenvalue weighted by atomic mass is 127. The van der Waals surface area contributed by atoms with Crippen LogP contribution in [-0.2, 0) is 6.42 Å². The van der Waals surface area contributed by atoms with Gasteiger partial charge in [0.05, 0.1) is 0 Å². The summed E-state index contributed by atoms with van der Waals surface area (Å²) in [4.78, 5) is 0. The van der Waals surface area contributed by atoms with Crippen LogP contribution in [0.25, 0.3) is 0 Å². The summed E-state index contributed by atoms with van der Waals surface area (Å²) >= 11 is 2.26. The van der Waals surface area contributed by atoms with Crippen molar-refractivity contribution in [1.29, 1.82) is 0 Å². The van der Waals surface area contributed by atoms with Crippen LogP contribution in [0.4, 0.5) is 0 Å². The zero-order chi connectivity index (χ0) is 12.3. The highest BCUT2D eigenvalue weighted by molar-refractivity contribution is 14.1. The molecule has 0 fully saturated rings. The molecule has 0 radical (unpaired) electrons. The maximum absolute atomic E-state index is 10.3. The van der Waals surface area contributed by atoms with Crippen molar-refractivity contribution in [3.05, 3.63) is 68.8 Å². The molecule has 2 rings (SSSR count). The molecule has 1 nitrogen and oxygen atoms in total. The third-order valence-electron chi connectivity index (χ3n) is 2.87. The van der Waals surface area contributed by atoms with Crippen LogP contribution in [-0.4, -0.2) is 5.11 Å². The van der Waals surface area contributed by atoms with E-state index in [1.165, 1.54) is 5.56 Å². The summed E-state index contributed by atoms with van der Waals surface area (Å²) < 4.78 is 1.14. The zero-order valence-electron chi connectivity index (χ0n) is 9.73. The number of aliphatic hydroxyl groups is 1. The highest BCUT2D eigenvalue weighted by Gasteiger charge is 2.10. The van der Waals surface area contributed by atoms with E-state index in [1.54, 1.807) is 0 Å². The van der Waals surface area contributed by atoms with Crippen LogP contribution >= 0.6 is 22.6 Å². The minimum absolute atomic E-state index is 0.532. The van der Waals surface area contributed by atoms with Gasteiger partial charge >= 0.3 is 0 Å². The standard InChI is InChI=1S/C15H15IO/c1-2-11-6-8-12(9-7-11)15(17)13-4-3-5-14(16)10-13/h3-10,15,17H,2H2,1H3. The van der Waals surface area contributed by atoms with Crippen LogP contribution in [0.5, 0.6) is 0 Å². The van der Waals surface area contributed by atoms with Crippen molar-refractivity contribution in [2.24, 2.45) is 0 Å². The Hall–Kier alpha value is -0.870. The Kier molecular flexibility index (Phi) is 4.18. The molecule has 88 valence electrons. The van der Waals surface area contributed by atoms with Gasteiger partial charge in [0.25, 0.3) is 0 Å². The molecule has 0 saturated carbocycles. The van der Waals surface area contributed by atoms with E-state index in [2.05, 4.69) is 41.6 Å². The Morgan fingerprint density at radius 3 is 2.35 bits per heavy atom. The molecule has 1 unspecified atom stereocenters. The number of hydrogen-bond donors (Lipinski definition) is 1. The molecule has 0 heterocycles. The lowest BCUT2D eigenvalue weighted by Crippen LogP contribution is -1.99. The quantitative estimate of drug-likeness (QED) is 0.841. The van der Waals surface area contributed by atoms with E-state index in [0.717, 1.165) is 21.1 Å². The predicted molar refractivity (Wildman–Crippen MR) is 79.0 cm³/mol. The van der Waals surface area contributed by atoms with E-state index in [4.69, 9.17) is 0 Å². The first-order valence-corrected chi connectivity index (χ1v) is 6.81. The first kappa shape index (κ1) is 12.6. The number of aryl methyl sites for hydroxylation is 1. The second kappa shape index (κ2) is 5.65. The van der Waals surface area contributed by atoms with E-state index < -0.39 is 6.10 Å². The summed E-state index contributed by atoms with van der Waals surface area (Å²) in [7, 11) is 0.